The highest BCUT2D eigenvalue weighted by molar-refractivity contribution is 5.94. The van der Waals surface area contributed by atoms with Crippen molar-refractivity contribution in [2.45, 2.75) is 13.5 Å². The number of amides is 1. The number of carbonyl (C=O) groups excluding carboxylic acids is 1. The highest BCUT2D eigenvalue weighted by Gasteiger charge is 2.13. The minimum atomic E-state index is -0.292. The molecule has 0 heterocycles. The molecule has 0 radical (unpaired) electrons. The van der Waals surface area contributed by atoms with Gasteiger partial charge in [0.05, 0.1) is 0 Å². The lowest BCUT2D eigenvalue weighted by Crippen LogP contribution is -2.26. The van der Waals surface area contributed by atoms with Gasteiger partial charge in [0.25, 0.3) is 5.91 Å². The molecule has 0 saturated carbocycles. The molecule has 104 valence electrons. The van der Waals surface area contributed by atoms with E-state index in [1.807, 2.05) is 31.2 Å². The molecule has 2 N–H and O–H groups in total. The van der Waals surface area contributed by atoms with E-state index < -0.39 is 0 Å². The second kappa shape index (κ2) is 5.65. The molecule has 0 bridgehead atoms. The van der Waals surface area contributed by atoms with E-state index in [9.17, 15) is 15.0 Å². The maximum absolute atomic E-state index is 12.2. The number of nitrogens with zero attached hydrogens (tertiary/aromatic N) is 1. The zero-order valence-corrected chi connectivity index (χ0v) is 11.5. The van der Waals surface area contributed by atoms with Crippen molar-refractivity contribution in [3.63, 3.8) is 0 Å². The van der Waals surface area contributed by atoms with Crippen molar-refractivity contribution < 1.29 is 15.0 Å². The molecule has 0 fully saturated rings. The number of aromatic hydroxyl groups is 2. The van der Waals surface area contributed by atoms with Gasteiger partial charge < -0.3 is 15.1 Å². The molecule has 2 aromatic carbocycles. The number of phenolic OH excluding ortho intramolecular Hbond substituents is 2. The van der Waals surface area contributed by atoms with Gasteiger partial charge in [0.15, 0.2) is 11.5 Å². The van der Waals surface area contributed by atoms with Gasteiger partial charge in [-0.15, -0.1) is 0 Å². The molecule has 0 saturated heterocycles. The van der Waals surface area contributed by atoms with Crippen molar-refractivity contribution >= 4 is 5.91 Å². The molecule has 1 amide bonds. The monoisotopic (exact) mass is 271 g/mol. The Bertz CT molecular complexity index is 637. The van der Waals surface area contributed by atoms with Crippen LogP contribution < -0.4 is 0 Å². The van der Waals surface area contributed by atoms with Crippen LogP contribution >= 0.6 is 0 Å². The Hall–Kier alpha value is -2.49. The van der Waals surface area contributed by atoms with Crippen LogP contribution in [0.2, 0.25) is 0 Å². The lowest BCUT2D eigenvalue weighted by atomic mass is 10.1. The fourth-order valence-corrected chi connectivity index (χ4v) is 2.03. The van der Waals surface area contributed by atoms with Crippen LogP contribution in [0.25, 0.3) is 0 Å². The number of benzene rings is 2. The lowest BCUT2D eigenvalue weighted by molar-refractivity contribution is 0.0784. The lowest BCUT2D eigenvalue weighted by Gasteiger charge is -2.18. The third-order valence-corrected chi connectivity index (χ3v) is 3.07. The Morgan fingerprint density at radius 1 is 1.10 bits per heavy atom. The number of carbonyl (C=O) groups is 1. The Morgan fingerprint density at radius 2 is 1.85 bits per heavy atom. The average Bonchev–Trinajstić information content (AvgIpc) is 2.41. The number of aryl methyl sites for hydroxylation is 1. The third-order valence-electron chi connectivity index (χ3n) is 3.07. The first-order chi connectivity index (χ1) is 9.47. The maximum atomic E-state index is 12.2. The molecule has 0 atom stereocenters. The second-order valence-corrected chi connectivity index (χ2v) is 4.85. The van der Waals surface area contributed by atoms with Crippen LogP contribution in [-0.4, -0.2) is 28.1 Å². The molecule has 2 aromatic rings. The third kappa shape index (κ3) is 3.09. The normalized spacial score (nSPS) is 10.3. The number of phenols is 2. The van der Waals surface area contributed by atoms with Gasteiger partial charge in [-0.2, -0.15) is 0 Å². The summed E-state index contributed by atoms with van der Waals surface area (Å²) in [6.45, 7) is 2.49. The van der Waals surface area contributed by atoms with Gasteiger partial charge in [-0.1, -0.05) is 29.8 Å². The first-order valence-electron chi connectivity index (χ1n) is 6.30. The summed E-state index contributed by atoms with van der Waals surface area (Å²) in [4.78, 5) is 13.8. The highest BCUT2D eigenvalue weighted by Crippen LogP contribution is 2.25. The fourth-order valence-electron chi connectivity index (χ4n) is 2.03. The molecular weight excluding hydrogens is 254 g/mol. The minimum absolute atomic E-state index is 0.207. The van der Waals surface area contributed by atoms with Crippen molar-refractivity contribution in [3.05, 3.63) is 59.2 Å². The van der Waals surface area contributed by atoms with Crippen molar-refractivity contribution in [1.29, 1.82) is 0 Å². The summed E-state index contributed by atoms with van der Waals surface area (Å²) in [6, 6.07) is 12.0. The van der Waals surface area contributed by atoms with E-state index in [0.717, 1.165) is 11.1 Å². The maximum Gasteiger partial charge on any atom is 0.254 e. The first-order valence-corrected chi connectivity index (χ1v) is 6.30. The Kier molecular flexibility index (Phi) is 3.94. The SMILES string of the molecule is Cc1cccc(CN(C)C(=O)c2ccc(O)c(O)c2)c1. The van der Waals surface area contributed by atoms with Crippen LogP contribution in [0, 0.1) is 6.92 Å². The van der Waals surface area contributed by atoms with Gasteiger partial charge in [0, 0.05) is 19.2 Å². The zero-order chi connectivity index (χ0) is 14.7. The summed E-state index contributed by atoms with van der Waals surface area (Å²) >= 11 is 0. The van der Waals surface area contributed by atoms with E-state index in [0.29, 0.717) is 12.1 Å². The van der Waals surface area contributed by atoms with Crippen LogP contribution in [-0.2, 0) is 6.54 Å². The Balaban J connectivity index is 2.14. The summed E-state index contributed by atoms with van der Waals surface area (Å²) < 4.78 is 0. The topological polar surface area (TPSA) is 60.8 Å². The average molecular weight is 271 g/mol. The summed E-state index contributed by atoms with van der Waals surface area (Å²) in [5.41, 5.74) is 2.53. The first kappa shape index (κ1) is 13.9. The minimum Gasteiger partial charge on any atom is -0.504 e. The summed E-state index contributed by atoms with van der Waals surface area (Å²) in [7, 11) is 1.70. The fraction of sp³-hybridized carbons (Fsp3) is 0.188. The summed E-state index contributed by atoms with van der Waals surface area (Å²) in [5, 5.41) is 18.7. The molecule has 0 aliphatic rings. The van der Waals surface area contributed by atoms with E-state index in [-0.39, 0.29) is 17.4 Å². The summed E-state index contributed by atoms with van der Waals surface area (Å²) in [5.74, 6) is -0.732. The van der Waals surface area contributed by atoms with Gasteiger partial charge in [-0.25, -0.2) is 0 Å². The van der Waals surface area contributed by atoms with Gasteiger partial charge in [0.2, 0.25) is 0 Å². The smallest absolute Gasteiger partial charge is 0.254 e. The van der Waals surface area contributed by atoms with Crippen LogP contribution in [0.3, 0.4) is 0 Å². The van der Waals surface area contributed by atoms with Crippen LogP contribution in [0.1, 0.15) is 21.5 Å². The van der Waals surface area contributed by atoms with Crippen molar-refractivity contribution in [1.82, 2.24) is 4.90 Å². The van der Waals surface area contributed by atoms with Gasteiger partial charge in [0.1, 0.15) is 0 Å². The van der Waals surface area contributed by atoms with Gasteiger partial charge in [-0.05, 0) is 30.7 Å². The molecule has 2 rings (SSSR count). The summed E-state index contributed by atoms with van der Waals surface area (Å²) in [6.07, 6.45) is 0. The van der Waals surface area contributed by atoms with Crippen LogP contribution in [0.4, 0.5) is 0 Å². The molecule has 0 unspecified atom stereocenters. The Morgan fingerprint density at radius 3 is 2.50 bits per heavy atom. The Labute approximate surface area is 117 Å². The van der Waals surface area contributed by atoms with E-state index in [4.69, 9.17) is 0 Å². The van der Waals surface area contributed by atoms with E-state index in [2.05, 4.69) is 0 Å². The van der Waals surface area contributed by atoms with Gasteiger partial charge >= 0.3 is 0 Å². The second-order valence-electron chi connectivity index (χ2n) is 4.85. The number of rotatable bonds is 3. The van der Waals surface area contributed by atoms with Crippen LogP contribution in [0.15, 0.2) is 42.5 Å². The molecule has 4 heteroatoms. The molecule has 0 spiro atoms. The van der Waals surface area contributed by atoms with E-state index in [1.54, 1.807) is 11.9 Å². The molecule has 20 heavy (non-hydrogen) atoms. The molecule has 0 aliphatic heterocycles. The number of hydrogen-bond donors (Lipinski definition) is 2. The van der Waals surface area contributed by atoms with Crippen molar-refractivity contribution in [2.24, 2.45) is 0 Å². The van der Waals surface area contributed by atoms with E-state index >= 15 is 0 Å². The quantitative estimate of drug-likeness (QED) is 0.844. The van der Waals surface area contributed by atoms with Gasteiger partial charge in [-0.3, -0.25) is 4.79 Å². The highest BCUT2D eigenvalue weighted by atomic mass is 16.3. The van der Waals surface area contributed by atoms with Crippen molar-refractivity contribution in [3.8, 4) is 11.5 Å². The zero-order valence-electron chi connectivity index (χ0n) is 11.5. The predicted octanol–water partition coefficient (Wildman–Crippen LogP) is 2.68. The van der Waals surface area contributed by atoms with Crippen LogP contribution in [0.5, 0.6) is 11.5 Å². The largest absolute Gasteiger partial charge is 0.504 e. The standard InChI is InChI=1S/C16H17NO3/c1-11-4-3-5-12(8-11)10-17(2)16(20)13-6-7-14(18)15(19)9-13/h3-9,18-19H,10H2,1-2H3. The molecule has 4 nitrogen and oxygen atoms in total. The molecule has 0 aliphatic carbocycles. The predicted molar refractivity (Wildman–Crippen MR) is 76.7 cm³/mol. The van der Waals surface area contributed by atoms with Crippen molar-refractivity contribution in [2.75, 3.05) is 7.05 Å². The number of hydrogen-bond acceptors (Lipinski definition) is 3. The molecule has 0 aromatic heterocycles. The van der Waals surface area contributed by atoms with E-state index in [1.165, 1.54) is 18.2 Å². The molecular formula is C16H17NO3.